The average Bonchev–Trinajstić information content (AvgIpc) is 2.25. The molecule has 1 N–H and O–H groups in total. The van der Waals surface area contributed by atoms with Gasteiger partial charge in [-0.1, -0.05) is 25.1 Å². The van der Waals surface area contributed by atoms with Crippen LogP contribution in [0.25, 0.3) is 6.08 Å². The van der Waals surface area contributed by atoms with E-state index in [9.17, 15) is 4.79 Å². The molecule has 3 heteroatoms. The van der Waals surface area contributed by atoms with Gasteiger partial charge in [-0.3, -0.25) is 0 Å². The number of ether oxygens (including phenoxy) is 1. The predicted octanol–water partition coefficient (Wildman–Crippen LogP) is 2.57. The van der Waals surface area contributed by atoms with Crippen molar-refractivity contribution >= 4 is 12.0 Å². The SMILES string of the molecule is CC/C(=C\c1ccccc1OC)C(=O)O. The van der Waals surface area contributed by atoms with Crippen molar-refractivity contribution in [3.05, 3.63) is 35.4 Å². The van der Waals surface area contributed by atoms with Gasteiger partial charge in [-0.05, 0) is 18.6 Å². The van der Waals surface area contributed by atoms with E-state index in [2.05, 4.69) is 0 Å². The van der Waals surface area contributed by atoms with Gasteiger partial charge in [-0.2, -0.15) is 0 Å². The second kappa shape index (κ2) is 5.20. The fourth-order valence-electron chi connectivity index (χ4n) is 1.29. The highest BCUT2D eigenvalue weighted by molar-refractivity contribution is 5.92. The van der Waals surface area contributed by atoms with Crippen molar-refractivity contribution in [2.75, 3.05) is 7.11 Å². The molecule has 0 heterocycles. The van der Waals surface area contributed by atoms with E-state index in [0.29, 0.717) is 17.7 Å². The summed E-state index contributed by atoms with van der Waals surface area (Å²) in [6, 6.07) is 7.34. The molecule has 0 spiro atoms. The molecule has 0 aliphatic rings. The summed E-state index contributed by atoms with van der Waals surface area (Å²) in [5, 5.41) is 8.89. The Hall–Kier alpha value is -1.77. The van der Waals surface area contributed by atoms with E-state index in [1.165, 1.54) is 0 Å². The lowest BCUT2D eigenvalue weighted by Crippen LogP contribution is -1.99. The summed E-state index contributed by atoms with van der Waals surface area (Å²) in [5.74, 6) is -0.201. The first kappa shape index (κ1) is 11.3. The zero-order valence-electron chi connectivity index (χ0n) is 8.86. The molecule has 0 amide bonds. The maximum absolute atomic E-state index is 10.8. The average molecular weight is 206 g/mol. The molecule has 1 aromatic rings. The third-order valence-corrected chi connectivity index (χ3v) is 2.12. The Labute approximate surface area is 89.0 Å². The summed E-state index contributed by atoms with van der Waals surface area (Å²) in [5.41, 5.74) is 1.17. The summed E-state index contributed by atoms with van der Waals surface area (Å²) >= 11 is 0. The van der Waals surface area contributed by atoms with Gasteiger partial charge in [0.2, 0.25) is 0 Å². The second-order valence-corrected chi connectivity index (χ2v) is 3.07. The minimum atomic E-state index is -0.886. The minimum absolute atomic E-state index is 0.375. The minimum Gasteiger partial charge on any atom is -0.496 e. The smallest absolute Gasteiger partial charge is 0.331 e. The van der Waals surface area contributed by atoms with Crippen LogP contribution in [-0.4, -0.2) is 18.2 Å². The van der Waals surface area contributed by atoms with Crippen LogP contribution in [0.3, 0.4) is 0 Å². The number of carboxylic acids is 1. The van der Waals surface area contributed by atoms with E-state index in [4.69, 9.17) is 9.84 Å². The number of para-hydroxylation sites is 1. The van der Waals surface area contributed by atoms with Crippen LogP contribution in [0, 0.1) is 0 Å². The fourth-order valence-corrected chi connectivity index (χ4v) is 1.29. The van der Waals surface area contributed by atoms with E-state index in [1.807, 2.05) is 25.1 Å². The molecule has 0 fully saturated rings. The van der Waals surface area contributed by atoms with Gasteiger partial charge in [0, 0.05) is 11.1 Å². The van der Waals surface area contributed by atoms with Gasteiger partial charge in [0.05, 0.1) is 7.11 Å². The monoisotopic (exact) mass is 206 g/mol. The van der Waals surface area contributed by atoms with E-state index in [1.54, 1.807) is 19.3 Å². The number of carbonyl (C=O) groups is 1. The highest BCUT2D eigenvalue weighted by Crippen LogP contribution is 2.21. The molecule has 0 bridgehead atoms. The quantitative estimate of drug-likeness (QED) is 0.770. The molecule has 0 atom stereocenters. The lowest BCUT2D eigenvalue weighted by atomic mass is 10.1. The maximum atomic E-state index is 10.8. The van der Waals surface area contributed by atoms with Gasteiger partial charge in [-0.25, -0.2) is 4.79 Å². The van der Waals surface area contributed by atoms with Gasteiger partial charge < -0.3 is 9.84 Å². The standard InChI is InChI=1S/C12H14O3/c1-3-9(12(13)14)8-10-6-4-5-7-11(10)15-2/h4-8H,3H2,1-2H3,(H,13,14)/b9-8+. The van der Waals surface area contributed by atoms with Gasteiger partial charge >= 0.3 is 5.97 Å². The molecule has 1 aromatic carbocycles. The normalized spacial score (nSPS) is 11.2. The Morgan fingerprint density at radius 1 is 1.47 bits per heavy atom. The molecule has 0 radical (unpaired) electrons. The number of carboxylic acid groups (broad SMARTS) is 1. The summed E-state index contributed by atoms with van der Waals surface area (Å²) in [6.07, 6.45) is 2.13. The molecule has 0 saturated heterocycles. The Kier molecular flexibility index (Phi) is 3.92. The maximum Gasteiger partial charge on any atom is 0.331 e. The fraction of sp³-hybridized carbons (Fsp3) is 0.250. The van der Waals surface area contributed by atoms with Crippen molar-refractivity contribution in [1.29, 1.82) is 0 Å². The lowest BCUT2D eigenvalue weighted by molar-refractivity contribution is -0.132. The molecule has 80 valence electrons. The lowest BCUT2D eigenvalue weighted by Gasteiger charge is -2.05. The van der Waals surface area contributed by atoms with Crippen molar-refractivity contribution in [1.82, 2.24) is 0 Å². The van der Waals surface area contributed by atoms with E-state index in [-0.39, 0.29) is 0 Å². The first-order valence-electron chi connectivity index (χ1n) is 4.76. The molecular formula is C12H14O3. The number of methoxy groups -OCH3 is 1. The van der Waals surface area contributed by atoms with Crippen LogP contribution in [0.15, 0.2) is 29.8 Å². The largest absolute Gasteiger partial charge is 0.496 e. The zero-order valence-corrected chi connectivity index (χ0v) is 8.86. The summed E-state index contributed by atoms with van der Waals surface area (Å²) in [6.45, 7) is 1.81. The summed E-state index contributed by atoms with van der Waals surface area (Å²) in [4.78, 5) is 10.8. The van der Waals surface area contributed by atoms with Gasteiger partial charge in [0.25, 0.3) is 0 Å². The van der Waals surface area contributed by atoms with E-state index < -0.39 is 5.97 Å². The van der Waals surface area contributed by atoms with Gasteiger partial charge in [0.1, 0.15) is 5.75 Å². The van der Waals surface area contributed by atoms with Crippen LogP contribution in [0.4, 0.5) is 0 Å². The highest BCUT2D eigenvalue weighted by Gasteiger charge is 2.06. The van der Waals surface area contributed by atoms with Crippen LogP contribution in [0.5, 0.6) is 5.75 Å². The number of hydrogen-bond donors (Lipinski definition) is 1. The van der Waals surface area contributed by atoms with Crippen LogP contribution in [0.2, 0.25) is 0 Å². The van der Waals surface area contributed by atoms with Crippen molar-refractivity contribution in [2.45, 2.75) is 13.3 Å². The first-order chi connectivity index (χ1) is 7.19. The molecule has 0 aromatic heterocycles. The van der Waals surface area contributed by atoms with Crippen LogP contribution < -0.4 is 4.74 Å². The topological polar surface area (TPSA) is 46.5 Å². The molecule has 1 rings (SSSR count). The van der Waals surface area contributed by atoms with Crippen molar-refractivity contribution < 1.29 is 14.6 Å². The Morgan fingerprint density at radius 2 is 2.13 bits per heavy atom. The van der Waals surface area contributed by atoms with Crippen LogP contribution in [0.1, 0.15) is 18.9 Å². The Morgan fingerprint density at radius 3 is 2.67 bits per heavy atom. The molecular weight excluding hydrogens is 192 g/mol. The predicted molar refractivity (Wildman–Crippen MR) is 58.9 cm³/mol. The van der Waals surface area contributed by atoms with Gasteiger partial charge in [-0.15, -0.1) is 0 Å². The van der Waals surface area contributed by atoms with Crippen molar-refractivity contribution in [3.63, 3.8) is 0 Å². The Balaban J connectivity index is 3.10. The first-order valence-corrected chi connectivity index (χ1v) is 4.76. The molecule has 3 nitrogen and oxygen atoms in total. The van der Waals surface area contributed by atoms with Gasteiger partial charge in [0.15, 0.2) is 0 Å². The number of rotatable bonds is 4. The van der Waals surface area contributed by atoms with Crippen LogP contribution >= 0.6 is 0 Å². The van der Waals surface area contributed by atoms with Crippen molar-refractivity contribution in [3.8, 4) is 5.75 Å². The molecule has 0 aliphatic heterocycles. The second-order valence-electron chi connectivity index (χ2n) is 3.07. The molecule has 0 unspecified atom stereocenters. The Bertz CT molecular complexity index is 380. The number of hydrogen-bond acceptors (Lipinski definition) is 2. The summed E-state index contributed by atoms with van der Waals surface area (Å²) in [7, 11) is 1.57. The van der Waals surface area contributed by atoms with E-state index >= 15 is 0 Å². The zero-order chi connectivity index (χ0) is 11.3. The molecule has 0 saturated carbocycles. The number of aliphatic carboxylic acids is 1. The van der Waals surface area contributed by atoms with Crippen LogP contribution in [-0.2, 0) is 4.79 Å². The highest BCUT2D eigenvalue weighted by atomic mass is 16.5. The molecule has 15 heavy (non-hydrogen) atoms. The summed E-state index contributed by atoms with van der Waals surface area (Å²) < 4.78 is 5.13. The third-order valence-electron chi connectivity index (χ3n) is 2.12. The van der Waals surface area contributed by atoms with Crippen molar-refractivity contribution in [2.24, 2.45) is 0 Å². The molecule has 0 aliphatic carbocycles. The third kappa shape index (κ3) is 2.84. The number of benzene rings is 1. The van der Waals surface area contributed by atoms with E-state index in [0.717, 1.165) is 5.56 Å².